The van der Waals surface area contributed by atoms with Crippen LogP contribution in [0, 0.1) is 0 Å². The number of hydrogen-bond donors (Lipinski definition) is 1. The molecule has 2 aromatic rings. The van der Waals surface area contributed by atoms with Crippen molar-refractivity contribution in [2.75, 3.05) is 25.0 Å². The summed E-state index contributed by atoms with van der Waals surface area (Å²) in [5.74, 6) is -0.815. The lowest BCUT2D eigenvalue weighted by Crippen LogP contribution is -2.27. The van der Waals surface area contributed by atoms with Crippen LogP contribution in [-0.4, -0.2) is 41.0 Å². The lowest BCUT2D eigenvalue weighted by molar-refractivity contribution is -0.140. The predicted octanol–water partition coefficient (Wildman–Crippen LogP) is 1.80. The Balaban J connectivity index is 2.08. The third-order valence-corrected chi connectivity index (χ3v) is 5.54. The molecule has 138 valence electrons. The number of amides is 1. The van der Waals surface area contributed by atoms with Gasteiger partial charge >= 0.3 is 5.97 Å². The molecule has 7 nitrogen and oxygen atoms in total. The summed E-state index contributed by atoms with van der Waals surface area (Å²) in [4.78, 5) is 23.1. The van der Waals surface area contributed by atoms with Gasteiger partial charge in [-0.05, 0) is 36.4 Å². The van der Waals surface area contributed by atoms with Crippen LogP contribution in [0.4, 0.5) is 5.69 Å². The van der Waals surface area contributed by atoms with Gasteiger partial charge in [0.25, 0.3) is 15.9 Å². The zero-order valence-corrected chi connectivity index (χ0v) is 15.3. The summed E-state index contributed by atoms with van der Waals surface area (Å²) in [6.45, 7) is 0.141. The van der Waals surface area contributed by atoms with Gasteiger partial charge in [0.05, 0.1) is 24.1 Å². The molecule has 1 amide bonds. The van der Waals surface area contributed by atoms with Crippen LogP contribution >= 0.6 is 0 Å². The minimum Gasteiger partial charge on any atom is -0.469 e. The molecule has 0 saturated heterocycles. The zero-order chi connectivity index (χ0) is 19.2. The molecule has 8 heteroatoms. The molecule has 0 heterocycles. The Kier molecular flexibility index (Phi) is 6.35. The number of hydrogen-bond acceptors (Lipinski definition) is 5. The van der Waals surface area contributed by atoms with Gasteiger partial charge in [-0.15, -0.1) is 0 Å². The zero-order valence-electron chi connectivity index (χ0n) is 14.5. The van der Waals surface area contributed by atoms with E-state index in [1.165, 1.54) is 42.7 Å². The highest BCUT2D eigenvalue weighted by atomic mass is 32.2. The molecular formula is C18H20N2O5S. The Morgan fingerprint density at radius 2 is 1.65 bits per heavy atom. The highest BCUT2D eigenvalue weighted by Crippen LogP contribution is 2.21. The second-order valence-electron chi connectivity index (χ2n) is 5.41. The van der Waals surface area contributed by atoms with Crippen molar-refractivity contribution in [3.8, 4) is 0 Å². The number of carbonyl (C=O) groups is 2. The number of ether oxygens (including phenoxy) is 1. The third kappa shape index (κ3) is 4.60. The van der Waals surface area contributed by atoms with Gasteiger partial charge in [0, 0.05) is 19.2 Å². The number of nitrogens with one attached hydrogen (secondary N) is 1. The molecule has 1 N–H and O–H groups in total. The summed E-state index contributed by atoms with van der Waals surface area (Å²) in [5.41, 5.74) is 0.841. The molecule has 0 fully saturated rings. The van der Waals surface area contributed by atoms with E-state index in [2.05, 4.69) is 10.1 Å². The Hall–Kier alpha value is -2.87. The molecule has 0 bridgehead atoms. The fourth-order valence-electron chi connectivity index (χ4n) is 2.20. The lowest BCUT2D eigenvalue weighted by atomic mass is 10.2. The van der Waals surface area contributed by atoms with Gasteiger partial charge in [-0.25, -0.2) is 8.42 Å². The van der Waals surface area contributed by atoms with E-state index in [1.807, 2.05) is 0 Å². The number of para-hydroxylation sites is 1. The third-order valence-electron chi connectivity index (χ3n) is 3.74. The van der Waals surface area contributed by atoms with E-state index in [0.717, 1.165) is 0 Å². The lowest BCUT2D eigenvalue weighted by Gasteiger charge is -2.19. The van der Waals surface area contributed by atoms with Crippen LogP contribution in [0.3, 0.4) is 0 Å². The number of sulfonamides is 1. The molecule has 2 aromatic carbocycles. The van der Waals surface area contributed by atoms with E-state index < -0.39 is 21.9 Å². The average molecular weight is 376 g/mol. The summed E-state index contributed by atoms with van der Waals surface area (Å²) in [7, 11) is -0.982. The second kappa shape index (κ2) is 8.48. The van der Waals surface area contributed by atoms with Gasteiger partial charge in [-0.2, -0.15) is 0 Å². The minimum atomic E-state index is -3.73. The molecule has 0 unspecified atom stereocenters. The first-order valence-electron chi connectivity index (χ1n) is 7.85. The number of anilines is 1. The number of methoxy groups -OCH3 is 1. The van der Waals surface area contributed by atoms with Crippen LogP contribution in [-0.2, 0) is 19.6 Å². The van der Waals surface area contributed by atoms with E-state index in [9.17, 15) is 18.0 Å². The first-order valence-corrected chi connectivity index (χ1v) is 9.29. The Morgan fingerprint density at radius 1 is 1.04 bits per heavy atom. The van der Waals surface area contributed by atoms with E-state index in [1.54, 1.807) is 30.3 Å². The van der Waals surface area contributed by atoms with Gasteiger partial charge < -0.3 is 10.1 Å². The van der Waals surface area contributed by atoms with Crippen LogP contribution in [0.5, 0.6) is 0 Å². The predicted molar refractivity (Wildman–Crippen MR) is 97.4 cm³/mol. The first kappa shape index (κ1) is 19.5. The molecule has 0 aliphatic carbocycles. The highest BCUT2D eigenvalue weighted by Gasteiger charge is 2.21. The molecule has 0 atom stereocenters. The summed E-state index contributed by atoms with van der Waals surface area (Å²) >= 11 is 0. The largest absolute Gasteiger partial charge is 0.469 e. The molecule has 0 saturated carbocycles. The maximum atomic E-state index is 12.7. The molecule has 0 aliphatic heterocycles. The molecule has 0 aromatic heterocycles. The number of esters is 1. The number of benzene rings is 2. The van der Waals surface area contributed by atoms with Gasteiger partial charge in [0.2, 0.25) is 0 Å². The van der Waals surface area contributed by atoms with Crippen molar-refractivity contribution in [1.29, 1.82) is 0 Å². The van der Waals surface area contributed by atoms with Crippen LogP contribution in [0.1, 0.15) is 16.8 Å². The molecular weight excluding hydrogens is 356 g/mol. The molecule has 26 heavy (non-hydrogen) atoms. The molecule has 0 spiro atoms. The molecule has 0 radical (unpaired) electrons. The number of carbonyl (C=O) groups excluding carboxylic acids is 2. The van der Waals surface area contributed by atoms with Crippen molar-refractivity contribution >= 4 is 27.6 Å². The van der Waals surface area contributed by atoms with Gasteiger partial charge in [0.1, 0.15) is 0 Å². The molecule has 2 rings (SSSR count). The van der Waals surface area contributed by atoms with Gasteiger partial charge in [-0.3, -0.25) is 13.9 Å². The first-order chi connectivity index (χ1) is 12.4. The van der Waals surface area contributed by atoms with Crippen molar-refractivity contribution in [3.05, 3.63) is 60.2 Å². The average Bonchev–Trinajstić information content (AvgIpc) is 2.67. The summed E-state index contributed by atoms with van der Waals surface area (Å²) in [5, 5.41) is 2.57. The van der Waals surface area contributed by atoms with E-state index in [-0.39, 0.29) is 17.9 Å². The van der Waals surface area contributed by atoms with Gasteiger partial charge in [0.15, 0.2) is 0 Å². The van der Waals surface area contributed by atoms with E-state index in [4.69, 9.17) is 0 Å². The minimum absolute atomic E-state index is 0.0660. The van der Waals surface area contributed by atoms with Crippen molar-refractivity contribution in [2.45, 2.75) is 11.3 Å². The molecule has 0 aliphatic rings. The van der Waals surface area contributed by atoms with Crippen LogP contribution in [0.15, 0.2) is 59.5 Å². The van der Waals surface area contributed by atoms with Crippen molar-refractivity contribution in [1.82, 2.24) is 5.32 Å². The summed E-state index contributed by atoms with van der Waals surface area (Å²) < 4.78 is 31.0. The normalized spacial score (nSPS) is 10.8. The summed E-state index contributed by atoms with van der Waals surface area (Å²) in [6.07, 6.45) is 0.0660. The Bertz CT molecular complexity index is 864. The van der Waals surface area contributed by atoms with Gasteiger partial charge in [-0.1, -0.05) is 18.2 Å². The number of nitrogens with zero attached hydrogens (tertiary/aromatic N) is 1. The standard InChI is InChI=1S/C18H20N2O5S/c1-20(15-6-4-3-5-7-15)26(23,24)16-10-8-14(9-11-16)18(22)19-13-12-17(21)25-2/h3-11H,12-13H2,1-2H3,(H,19,22). The fraction of sp³-hybridized carbons (Fsp3) is 0.222. The quantitative estimate of drug-likeness (QED) is 0.744. The van der Waals surface area contributed by atoms with E-state index in [0.29, 0.717) is 11.3 Å². The number of rotatable bonds is 7. The Morgan fingerprint density at radius 3 is 2.23 bits per heavy atom. The smallest absolute Gasteiger partial charge is 0.307 e. The topological polar surface area (TPSA) is 92.8 Å². The van der Waals surface area contributed by atoms with Crippen molar-refractivity contribution in [2.24, 2.45) is 0 Å². The maximum absolute atomic E-state index is 12.7. The van der Waals surface area contributed by atoms with Crippen LogP contribution in [0.25, 0.3) is 0 Å². The SMILES string of the molecule is COC(=O)CCNC(=O)c1ccc(S(=O)(=O)N(C)c2ccccc2)cc1. The monoisotopic (exact) mass is 376 g/mol. The van der Waals surface area contributed by atoms with E-state index >= 15 is 0 Å². The second-order valence-corrected chi connectivity index (χ2v) is 7.38. The van der Waals surface area contributed by atoms with Crippen LogP contribution in [0.2, 0.25) is 0 Å². The summed E-state index contributed by atoms with van der Waals surface area (Å²) in [6, 6.07) is 14.3. The van der Waals surface area contributed by atoms with Crippen molar-refractivity contribution in [3.63, 3.8) is 0 Å². The highest BCUT2D eigenvalue weighted by molar-refractivity contribution is 7.92. The fourth-order valence-corrected chi connectivity index (χ4v) is 3.39. The maximum Gasteiger partial charge on any atom is 0.307 e. The van der Waals surface area contributed by atoms with Crippen LogP contribution < -0.4 is 9.62 Å². The Labute approximate surface area is 152 Å². The van der Waals surface area contributed by atoms with Crippen molar-refractivity contribution < 1.29 is 22.7 Å².